The Hall–Kier alpha value is -4.65. The molecule has 1 N–H and O–H groups in total. The van der Waals surface area contributed by atoms with Gasteiger partial charge in [-0.3, -0.25) is 9.69 Å². The van der Waals surface area contributed by atoms with Crippen LogP contribution in [0, 0.1) is 6.92 Å². The van der Waals surface area contributed by atoms with Crippen LogP contribution in [0.4, 0.5) is 23.7 Å². The number of rotatable bonds is 8. The van der Waals surface area contributed by atoms with E-state index in [1.165, 1.54) is 51.9 Å². The van der Waals surface area contributed by atoms with E-state index in [9.17, 15) is 22.8 Å². The molecular formula is C31H29F3N6O3S. The minimum atomic E-state index is -4.76. The fraction of sp³-hybridized carbons (Fsp3) is 0.258. The average molecular weight is 623 g/mol. The van der Waals surface area contributed by atoms with E-state index in [0.717, 1.165) is 27.9 Å². The largest absolute Gasteiger partial charge is 0.573 e. The van der Waals surface area contributed by atoms with Gasteiger partial charge >= 0.3 is 12.4 Å². The predicted octanol–water partition coefficient (Wildman–Crippen LogP) is 6.65. The van der Waals surface area contributed by atoms with Crippen LogP contribution < -0.4 is 15.0 Å². The van der Waals surface area contributed by atoms with Gasteiger partial charge in [0.15, 0.2) is 11.0 Å². The number of benzene rings is 3. The van der Waals surface area contributed by atoms with Gasteiger partial charge in [-0.2, -0.15) is 4.99 Å². The summed E-state index contributed by atoms with van der Waals surface area (Å²) in [5, 5.41) is 7.58. The van der Waals surface area contributed by atoms with Crippen molar-refractivity contribution >= 4 is 34.6 Å². The third-order valence-corrected chi connectivity index (χ3v) is 7.73. The van der Waals surface area contributed by atoms with E-state index in [1.54, 1.807) is 0 Å². The summed E-state index contributed by atoms with van der Waals surface area (Å²) in [6.45, 7) is 6.49. The van der Waals surface area contributed by atoms with Crippen molar-refractivity contribution < 1.29 is 27.5 Å². The molecule has 0 saturated carbocycles. The molecule has 0 unspecified atom stereocenters. The molecule has 1 aliphatic rings. The Morgan fingerprint density at radius 2 is 1.82 bits per heavy atom. The van der Waals surface area contributed by atoms with E-state index in [0.29, 0.717) is 29.6 Å². The topological polar surface area (TPSA) is 102 Å². The second kappa shape index (κ2) is 12.9. The summed E-state index contributed by atoms with van der Waals surface area (Å²) in [4.78, 5) is 35.5. The summed E-state index contributed by atoms with van der Waals surface area (Å²) < 4.78 is 42.5. The Labute approximate surface area is 256 Å². The number of nitrogens with zero attached hydrogens (tertiary/aromatic N) is 5. The first-order valence-electron chi connectivity index (χ1n) is 13.8. The first kappa shape index (κ1) is 30.8. The number of hydrogen-bond donors (Lipinski definition) is 1. The second-order valence-corrected chi connectivity index (χ2v) is 11.3. The zero-order valence-electron chi connectivity index (χ0n) is 24.1. The van der Waals surface area contributed by atoms with Crippen molar-refractivity contribution in [3.63, 3.8) is 0 Å². The molecule has 4 aromatic rings. The molecule has 44 heavy (non-hydrogen) atoms. The van der Waals surface area contributed by atoms with Crippen LogP contribution in [0.5, 0.6) is 5.75 Å². The molecule has 1 fully saturated rings. The number of anilines is 1. The fourth-order valence-corrected chi connectivity index (χ4v) is 5.73. The van der Waals surface area contributed by atoms with Crippen molar-refractivity contribution in [2.45, 2.75) is 39.5 Å². The lowest BCUT2D eigenvalue weighted by molar-refractivity contribution is -0.274. The zero-order valence-corrected chi connectivity index (χ0v) is 24.9. The van der Waals surface area contributed by atoms with Crippen LogP contribution in [0.15, 0.2) is 78.0 Å². The Kier molecular flexibility index (Phi) is 9.04. The summed E-state index contributed by atoms with van der Waals surface area (Å²) in [5.41, 5.74) is 5.13. The number of nitrogens with one attached hydrogen (secondary N) is 1. The Morgan fingerprint density at radius 1 is 1.09 bits per heavy atom. The molecule has 1 aromatic heterocycles. The second-order valence-electron chi connectivity index (χ2n) is 10.3. The number of urea groups is 1. The highest BCUT2D eigenvalue weighted by Crippen LogP contribution is 2.35. The third kappa shape index (κ3) is 7.28. The van der Waals surface area contributed by atoms with Crippen molar-refractivity contribution in [1.82, 2.24) is 20.1 Å². The molecule has 1 aliphatic heterocycles. The summed E-state index contributed by atoms with van der Waals surface area (Å²) in [7, 11) is 0. The van der Waals surface area contributed by atoms with Gasteiger partial charge in [0, 0.05) is 12.1 Å². The SMILES string of the molecule is Cc1cccc(N2C(=O)CSC2=NC(=O)NCCc2ccc(-c3ncn(-c4ccc(OC(F)(F)F)cc4)n3)cc2)c1C(C)C. The monoisotopic (exact) mass is 622 g/mol. The Bertz CT molecular complexity index is 1690. The van der Waals surface area contributed by atoms with Crippen molar-refractivity contribution in [3.8, 4) is 22.8 Å². The van der Waals surface area contributed by atoms with Gasteiger partial charge in [0.1, 0.15) is 12.1 Å². The smallest absolute Gasteiger partial charge is 0.406 e. The third-order valence-electron chi connectivity index (χ3n) is 6.81. The predicted molar refractivity (Wildman–Crippen MR) is 163 cm³/mol. The first-order valence-corrected chi connectivity index (χ1v) is 14.8. The maximum atomic E-state index is 12.8. The lowest BCUT2D eigenvalue weighted by atomic mass is 9.95. The molecule has 5 rings (SSSR count). The van der Waals surface area contributed by atoms with Gasteiger partial charge in [0.25, 0.3) is 0 Å². The molecule has 0 radical (unpaired) electrons. The highest BCUT2D eigenvalue weighted by atomic mass is 32.2. The molecule has 228 valence electrons. The number of ether oxygens (including phenoxy) is 1. The quantitative estimate of drug-likeness (QED) is 0.236. The molecule has 3 aromatic carbocycles. The molecule has 0 spiro atoms. The molecule has 0 aliphatic carbocycles. The average Bonchev–Trinajstić information content (AvgIpc) is 3.60. The molecule has 3 amide bonds. The molecule has 13 heteroatoms. The van der Waals surface area contributed by atoms with Crippen LogP contribution in [-0.2, 0) is 11.2 Å². The number of amidine groups is 1. The van der Waals surface area contributed by atoms with Gasteiger partial charge < -0.3 is 10.1 Å². The van der Waals surface area contributed by atoms with Crippen molar-refractivity contribution in [3.05, 3.63) is 89.7 Å². The molecular weight excluding hydrogens is 593 g/mol. The van der Waals surface area contributed by atoms with Crippen LogP contribution in [0.1, 0.15) is 36.5 Å². The van der Waals surface area contributed by atoms with E-state index in [1.807, 2.05) is 49.4 Å². The van der Waals surface area contributed by atoms with Gasteiger partial charge in [-0.1, -0.05) is 62.0 Å². The van der Waals surface area contributed by atoms with Crippen LogP contribution in [0.25, 0.3) is 17.1 Å². The normalized spacial score (nSPS) is 14.5. The number of aryl methyl sites for hydroxylation is 1. The van der Waals surface area contributed by atoms with Crippen LogP contribution in [0.2, 0.25) is 0 Å². The van der Waals surface area contributed by atoms with E-state index in [-0.39, 0.29) is 23.3 Å². The number of aromatic nitrogens is 3. The van der Waals surface area contributed by atoms with Gasteiger partial charge in [0.2, 0.25) is 5.91 Å². The molecule has 0 atom stereocenters. The maximum Gasteiger partial charge on any atom is 0.573 e. The summed E-state index contributed by atoms with van der Waals surface area (Å²) in [5.74, 6) is 0.429. The Morgan fingerprint density at radius 3 is 2.50 bits per heavy atom. The standard InChI is InChI=1S/C31H29F3N6O3S/c1-19(2)27-20(3)5-4-6-25(27)40-26(41)17-44-30(40)37-29(42)35-16-15-21-7-9-22(10-8-21)28-36-18-39(38-28)23-11-13-24(14-12-23)43-31(32,33)34/h4-14,18-19H,15-17H2,1-3H3,(H,35,42). The van der Waals surface area contributed by atoms with E-state index < -0.39 is 12.4 Å². The van der Waals surface area contributed by atoms with Crippen LogP contribution in [-0.4, -0.2) is 50.5 Å². The zero-order chi connectivity index (χ0) is 31.4. The highest BCUT2D eigenvalue weighted by molar-refractivity contribution is 8.15. The number of thioether (sulfide) groups is 1. The lowest BCUT2D eigenvalue weighted by Gasteiger charge is -2.23. The van der Waals surface area contributed by atoms with Crippen molar-refractivity contribution in [2.75, 3.05) is 17.2 Å². The molecule has 0 bridgehead atoms. The number of aliphatic imine (C=N–C) groups is 1. The van der Waals surface area contributed by atoms with Crippen molar-refractivity contribution in [2.24, 2.45) is 4.99 Å². The lowest BCUT2D eigenvalue weighted by Crippen LogP contribution is -2.32. The van der Waals surface area contributed by atoms with Gasteiger partial charge in [-0.05, 0) is 66.3 Å². The number of carbonyl (C=O) groups excluding carboxylic acids is 2. The van der Waals surface area contributed by atoms with Gasteiger partial charge in [-0.25, -0.2) is 14.5 Å². The van der Waals surface area contributed by atoms with Crippen LogP contribution in [0.3, 0.4) is 0 Å². The summed E-state index contributed by atoms with van der Waals surface area (Å²) in [6.07, 6.45) is -2.73. The first-order chi connectivity index (χ1) is 21.0. The fourth-order valence-electron chi connectivity index (χ4n) is 4.87. The molecule has 9 nitrogen and oxygen atoms in total. The minimum Gasteiger partial charge on any atom is -0.406 e. The highest BCUT2D eigenvalue weighted by Gasteiger charge is 2.33. The van der Waals surface area contributed by atoms with Gasteiger partial charge in [-0.15, -0.1) is 18.3 Å². The number of alkyl halides is 3. The summed E-state index contributed by atoms with van der Waals surface area (Å²) >= 11 is 1.25. The number of hydrogen-bond acceptors (Lipinski definition) is 6. The summed E-state index contributed by atoms with van der Waals surface area (Å²) in [6, 6.07) is 18.1. The van der Waals surface area contributed by atoms with E-state index in [4.69, 9.17) is 0 Å². The van der Waals surface area contributed by atoms with E-state index in [2.05, 4.69) is 39.0 Å². The molecule has 1 saturated heterocycles. The van der Waals surface area contributed by atoms with Gasteiger partial charge in [0.05, 0.1) is 17.1 Å². The minimum absolute atomic E-state index is 0.109. The van der Waals surface area contributed by atoms with E-state index >= 15 is 0 Å². The molecule has 2 heterocycles. The Balaban J connectivity index is 1.17. The number of amides is 3. The van der Waals surface area contributed by atoms with Crippen LogP contribution >= 0.6 is 11.8 Å². The number of carbonyl (C=O) groups is 2. The maximum absolute atomic E-state index is 12.8. The number of halogens is 3. The van der Waals surface area contributed by atoms with Crippen molar-refractivity contribution in [1.29, 1.82) is 0 Å².